The van der Waals surface area contributed by atoms with E-state index in [9.17, 15) is 0 Å². The lowest BCUT2D eigenvalue weighted by Gasteiger charge is -2.10. The molecule has 0 amide bonds. The Morgan fingerprint density at radius 1 is 1.41 bits per heavy atom. The first-order valence-electron chi connectivity index (χ1n) is 5.53. The zero-order chi connectivity index (χ0) is 12.1. The van der Waals surface area contributed by atoms with Crippen molar-refractivity contribution in [2.24, 2.45) is 5.73 Å². The van der Waals surface area contributed by atoms with E-state index >= 15 is 0 Å². The second-order valence-electron chi connectivity index (χ2n) is 3.84. The van der Waals surface area contributed by atoms with Gasteiger partial charge in [0.25, 0.3) is 5.88 Å². The van der Waals surface area contributed by atoms with Crippen LogP contribution < -0.4 is 10.5 Å². The smallest absolute Gasteiger partial charge is 0.262 e. The molecular weight excluding hydrogens is 220 g/mol. The minimum atomic E-state index is -0.0644. The van der Waals surface area contributed by atoms with Crippen molar-refractivity contribution in [2.45, 2.75) is 12.5 Å². The molecule has 0 aliphatic heterocycles. The molecule has 1 aromatic carbocycles. The Morgan fingerprint density at radius 2 is 2.24 bits per heavy atom. The van der Waals surface area contributed by atoms with Crippen molar-refractivity contribution < 1.29 is 14.0 Å². The Balaban J connectivity index is 1.95. The minimum absolute atomic E-state index is 0.0644. The number of hydrogen-bond acceptors (Lipinski definition) is 5. The monoisotopic (exact) mass is 236 g/mol. The van der Waals surface area contributed by atoms with Gasteiger partial charge in [-0.3, -0.25) is 0 Å². The number of para-hydroxylation sites is 1. The fourth-order valence-electron chi connectivity index (χ4n) is 1.51. The van der Waals surface area contributed by atoms with E-state index in [1.165, 1.54) is 0 Å². The maximum Gasteiger partial charge on any atom is 0.262 e. The summed E-state index contributed by atoms with van der Waals surface area (Å²) >= 11 is 0. The molecule has 1 atom stereocenters. The number of fused-ring (bicyclic) bond motifs is 1. The van der Waals surface area contributed by atoms with Crippen LogP contribution in [0.4, 0.5) is 0 Å². The molecule has 5 heteroatoms. The van der Waals surface area contributed by atoms with Gasteiger partial charge in [0.15, 0.2) is 5.58 Å². The Kier molecular flexibility index (Phi) is 3.95. The lowest BCUT2D eigenvalue weighted by molar-refractivity contribution is 0.173. The molecule has 0 aliphatic carbocycles. The molecule has 17 heavy (non-hydrogen) atoms. The molecule has 0 spiro atoms. The number of methoxy groups -OCH3 is 1. The Labute approximate surface area is 99.5 Å². The summed E-state index contributed by atoms with van der Waals surface area (Å²) in [7, 11) is 1.65. The number of nitrogens with two attached hydrogens (primary N) is 1. The summed E-state index contributed by atoms with van der Waals surface area (Å²) in [5, 5.41) is 4.73. The molecule has 0 fully saturated rings. The number of ether oxygens (including phenoxy) is 2. The molecule has 1 unspecified atom stereocenters. The third kappa shape index (κ3) is 2.95. The van der Waals surface area contributed by atoms with Crippen LogP contribution in [0.2, 0.25) is 0 Å². The first-order valence-corrected chi connectivity index (χ1v) is 5.53. The molecule has 5 nitrogen and oxygen atoms in total. The van der Waals surface area contributed by atoms with E-state index in [0.29, 0.717) is 24.7 Å². The normalized spacial score (nSPS) is 12.8. The summed E-state index contributed by atoms with van der Waals surface area (Å²) in [5.74, 6) is 0.494. The van der Waals surface area contributed by atoms with Crippen LogP contribution in [0.1, 0.15) is 6.42 Å². The van der Waals surface area contributed by atoms with Crippen LogP contribution in [0.15, 0.2) is 28.8 Å². The predicted molar refractivity (Wildman–Crippen MR) is 64.0 cm³/mol. The minimum Gasteiger partial charge on any atom is -0.473 e. The second-order valence-corrected chi connectivity index (χ2v) is 3.84. The highest BCUT2D eigenvalue weighted by Gasteiger charge is 2.10. The maximum absolute atomic E-state index is 5.86. The van der Waals surface area contributed by atoms with E-state index in [4.69, 9.17) is 19.7 Å². The fraction of sp³-hybridized carbons (Fsp3) is 0.417. The van der Waals surface area contributed by atoms with E-state index in [0.717, 1.165) is 11.8 Å². The summed E-state index contributed by atoms with van der Waals surface area (Å²) in [6.45, 7) is 1.03. The van der Waals surface area contributed by atoms with Crippen molar-refractivity contribution >= 4 is 11.0 Å². The van der Waals surface area contributed by atoms with Crippen LogP contribution >= 0.6 is 0 Å². The topological polar surface area (TPSA) is 70.5 Å². The van der Waals surface area contributed by atoms with Gasteiger partial charge in [-0.25, -0.2) is 0 Å². The molecule has 92 valence electrons. The lowest BCUT2D eigenvalue weighted by atomic mass is 10.2. The molecule has 0 radical (unpaired) electrons. The number of hydrogen-bond donors (Lipinski definition) is 1. The van der Waals surface area contributed by atoms with Gasteiger partial charge in [0, 0.05) is 19.8 Å². The van der Waals surface area contributed by atoms with Crippen LogP contribution in [-0.4, -0.2) is 31.5 Å². The van der Waals surface area contributed by atoms with E-state index in [1.807, 2.05) is 24.3 Å². The molecule has 0 saturated carbocycles. The molecule has 2 N–H and O–H groups in total. The molecule has 0 bridgehead atoms. The largest absolute Gasteiger partial charge is 0.473 e. The van der Waals surface area contributed by atoms with Gasteiger partial charge in [0.2, 0.25) is 0 Å². The zero-order valence-corrected chi connectivity index (χ0v) is 9.76. The van der Waals surface area contributed by atoms with Gasteiger partial charge in [-0.05, 0) is 23.7 Å². The Morgan fingerprint density at radius 3 is 3.06 bits per heavy atom. The maximum atomic E-state index is 5.86. The summed E-state index contributed by atoms with van der Waals surface area (Å²) in [6, 6.07) is 7.49. The highest BCUT2D eigenvalue weighted by atomic mass is 16.5. The van der Waals surface area contributed by atoms with Crippen LogP contribution in [0.3, 0.4) is 0 Å². The van der Waals surface area contributed by atoms with Crippen LogP contribution in [0, 0.1) is 0 Å². The molecular formula is C12H16N2O3. The van der Waals surface area contributed by atoms with Gasteiger partial charge in [0.1, 0.15) is 6.61 Å². The number of nitrogens with zero attached hydrogens (tertiary/aromatic N) is 1. The van der Waals surface area contributed by atoms with Gasteiger partial charge in [0.05, 0.1) is 5.39 Å². The number of aromatic nitrogens is 1. The summed E-state index contributed by atoms with van der Waals surface area (Å²) in [4.78, 5) is 0. The highest BCUT2D eigenvalue weighted by molar-refractivity contribution is 5.81. The summed E-state index contributed by atoms with van der Waals surface area (Å²) in [6.07, 6.45) is 0.756. The molecule has 2 rings (SSSR count). The number of benzene rings is 1. The van der Waals surface area contributed by atoms with E-state index in [-0.39, 0.29) is 6.04 Å². The number of rotatable bonds is 6. The van der Waals surface area contributed by atoms with Gasteiger partial charge < -0.3 is 19.7 Å². The average molecular weight is 236 g/mol. The zero-order valence-electron chi connectivity index (χ0n) is 9.76. The van der Waals surface area contributed by atoms with Crippen LogP contribution in [-0.2, 0) is 4.74 Å². The van der Waals surface area contributed by atoms with Gasteiger partial charge in [-0.2, -0.15) is 0 Å². The SMILES string of the molecule is COCCC(N)COc1noc2ccccc12. The van der Waals surface area contributed by atoms with Gasteiger partial charge >= 0.3 is 0 Å². The highest BCUT2D eigenvalue weighted by Crippen LogP contribution is 2.24. The molecule has 0 aliphatic rings. The molecule has 2 aromatic rings. The van der Waals surface area contributed by atoms with Crippen molar-refractivity contribution in [1.29, 1.82) is 0 Å². The van der Waals surface area contributed by atoms with Crippen molar-refractivity contribution in [3.05, 3.63) is 24.3 Å². The predicted octanol–water partition coefficient (Wildman–Crippen LogP) is 1.57. The molecule has 1 aromatic heterocycles. The Bertz CT molecular complexity index is 469. The first-order chi connectivity index (χ1) is 8.31. The van der Waals surface area contributed by atoms with Crippen LogP contribution in [0.5, 0.6) is 5.88 Å². The summed E-state index contributed by atoms with van der Waals surface area (Å²) < 4.78 is 15.6. The van der Waals surface area contributed by atoms with E-state index in [2.05, 4.69) is 5.16 Å². The standard InChI is InChI=1S/C12H16N2O3/c1-15-7-6-9(13)8-16-12-10-4-2-3-5-11(10)17-14-12/h2-5,9H,6-8,13H2,1H3. The van der Waals surface area contributed by atoms with Crippen molar-refractivity contribution in [1.82, 2.24) is 5.16 Å². The van der Waals surface area contributed by atoms with Crippen molar-refractivity contribution in [3.63, 3.8) is 0 Å². The lowest BCUT2D eigenvalue weighted by Crippen LogP contribution is -2.29. The van der Waals surface area contributed by atoms with E-state index < -0.39 is 0 Å². The summed E-state index contributed by atoms with van der Waals surface area (Å²) in [5.41, 5.74) is 6.57. The quantitative estimate of drug-likeness (QED) is 0.824. The first kappa shape index (κ1) is 11.9. The van der Waals surface area contributed by atoms with Crippen molar-refractivity contribution in [2.75, 3.05) is 20.3 Å². The second kappa shape index (κ2) is 5.65. The van der Waals surface area contributed by atoms with Gasteiger partial charge in [-0.15, -0.1) is 0 Å². The van der Waals surface area contributed by atoms with E-state index in [1.54, 1.807) is 7.11 Å². The average Bonchev–Trinajstić information content (AvgIpc) is 2.77. The third-order valence-corrected chi connectivity index (χ3v) is 2.47. The third-order valence-electron chi connectivity index (χ3n) is 2.47. The molecule has 0 saturated heterocycles. The van der Waals surface area contributed by atoms with Crippen molar-refractivity contribution in [3.8, 4) is 5.88 Å². The Hall–Kier alpha value is -1.59. The van der Waals surface area contributed by atoms with Crippen LogP contribution in [0.25, 0.3) is 11.0 Å². The molecule has 1 heterocycles. The fourth-order valence-corrected chi connectivity index (χ4v) is 1.51. The van der Waals surface area contributed by atoms with Gasteiger partial charge in [-0.1, -0.05) is 12.1 Å².